The van der Waals surface area contributed by atoms with Crippen LogP contribution in [0, 0.1) is 21.7 Å². The molecule has 1 saturated heterocycles. The van der Waals surface area contributed by atoms with E-state index < -0.39 is 39.8 Å². The number of benzene rings is 1. The van der Waals surface area contributed by atoms with Gasteiger partial charge < -0.3 is 10.0 Å². The van der Waals surface area contributed by atoms with Crippen molar-refractivity contribution < 1.29 is 23.6 Å². The molecule has 0 spiro atoms. The topological polar surface area (TPSA) is 83.7 Å². The Labute approximate surface area is 112 Å². The zero-order valence-corrected chi connectivity index (χ0v) is 10.4. The van der Waals surface area contributed by atoms with Crippen LogP contribution in [0.3, 0.4) is 0 Å². The lowest BCUT2D eigenvalue weighted by Crippen LogP contribution is -2.40. The Morgan fingerprint density at radius 1 is 1.35 bits per heavy atom. The summed E-state index contributed by atoms with van der Waals surface area (Å²) < 4.78 is 27.5. The highest BCUT2D eigenvalue weighted by molar-refractivity contribution is 5.95. The molecule has 0 bridgehead atoms. The Bertz CT molecular complexity index is 557. The van der Waals surface area contributed by atoms with Crippen molar-refractivity contribution in [1.82, 2.24) is 4.90 Å². The number of nitrogens with zero attached hydrogens (tertiary/aromatic N) is 2. The van der Waals surface area contributed by atoms with Gasteiger partial charge in [0.15, 0.2) is 0 Å². The third kappa shape index (κ3) is 2.60. The van der Waals surface area contributed by atoms with Crippen LogP contribution in [0.15, 0.2) is 12.1 Å². The van der Waals surface area contributed by atoms with E-state index in [2.05, 4.69) is 0 Å². The van der Waals surface area contributed by atoms with Crippen molar-refractivity contribution >= 4 is 11.6 Å². The lowest BCUT2D eigenvalue weighted by molar-refractivity contribution is -0.387. The molecule has 20 heavy (non-hydrogen) atoms. The second-order valence-corrected chi connectivity index (χ2v) is 4.54. The largest absolute Gasteiger partial charge is 0.393 e. The van der Waals surface area contributed by atoms with Crippen molar-refractivity contribution in [3.05, 3.63) is 39.4 Å². The molecule has 1 amide bonds. The number of likely N-dealkylation sites (tertiary alicyclic amines) is 1. The number of hydrogen-bond acceptors (Lipinski definition) is 4. The number of halogens is 2. The fraction of sp³-hybridized carbons (Fsp3) is 0.417. The molecule has 0 aromatic heterocycles. The molecule has 1 aromatic rings. The summed E-state index contributed by atoms with van der Waals surface area (Å²) in [6, 6.07) is 1.38. The van der Waals surface area contributed by atoms with Gasteiger partial charge in [-0.25, -0.2) is 4.39 Å². The van der Waals surface area contributed by atoms with E-state index in [1.54, 1.807) is 0 Å². The van der Waals surface area contributed by atoms with Gasteiger partial charge in [0.2, 0.25) is 5.82 Å². The normalized spacial score (nSPS) is 16.2. The van der Waals surface area contributed by atoms with E-state index in [1.165, 1.54) is 4.90 Å². The Hall–Kier alpha value is -2.09. The van der Waals surface area contributed by atoms with Crippen LogP contribution >= 0.6 is 0 Å². The second-order valence-electron chi connectivity index (χ2n) is 4.54. The molecule has 0 aliphatic carbocycles. The standard InChI is InChI=1S/C12H12F2N2O4/c13-8-1-2-9(16(19)20)11(14)10(8)12(18)15-5-3-7(17)4-6-15/h1-2,7,17H,3-6H2. The summed E-state index contributed by atoms with van der Waals surface area (Å²) in [5, 5.41) is 19.9. The van der Waals surface area contributed by atoms with E-state index >= 15 is 0 Å². The monoisotopic (exact) mass is 286 g/mol. The van der Waals surface area contributed by atoms with Crippen LogP contribution in [-0.4, -0.2) is 40.0 Å². The SMILES string of the molecule is O=C(c1c(F)ccc([N+](=O)[O-])c1F)N1CCC(O)CC1. The highest BCUT2D eigenvalue weighted by atomic mass is 19.1. The quantitative estimate of drug-likeness (QED) is 0.659. The van der Waals surface area contributed by atoms with Gasteiger partial charge in [0.05, 0.1) is 11.0 Å². The Morgan fingerprint density at radius 2 is 1.95 bits per heavy atom. The first-order valence-electron chi connectivity index (χ1n) is 6.01. The number of nitro benzene ring substituents is 1. The van der Waals surface area contributed by atoms with E-state index in [9.17, 15) is 28.8 Å². The summed E-state index contributed by atoms with van der Waals surface area (Å²) >= 11 is 0. The number of piperidine rings is 1. The number of hydrogen-bond donors (Lipinski definition) is 1. The van der Waals surface area contributed by atoms with Gasteiger partial charge in [0.1, 0.15) is 11.4 Å². The maximum absolute atomic E-state index is 13.9. The number of carbonyl (C=O) groups excluding carboxylic acids is 1. The zero-order chi connectivity index (χ0) is 14.9. The number of carbonyl (C=O) groups is 1. The summed E-state index contributed by atoms with van der Waals surface area (Å²) in [6.45, 7) is 0.309. The highest BCUT2D eigenvalue weighted by Crippen LogP contribution is 2.25. The number of aliphatic hydroxyl groups excluding tert-OH is 1. The van der Waals surface area contributed by atoms with Crippen LogP contribution in [0.5, 0.6) is 0 Å². The minimum absolute atomic E-state index is 0.154. The van der Waals surface area contributed by atoms with Gasteiger partial charge in [-0.3, -0.25) is 14.9 Å². The van der Waals surface area contributed by atoms with Crippen LogP contribution in [0.4, 0.5) is 14.5 Å². The van der Waals surface area contributed by atoms with Crippen molar-refractivity contribution in [3.63, 3.8) is 0 Å². The van der Waals surface area contributed by atoms with Crippen LogP contribution in [0.2, 0.25) is 0 Å². The first kappa shape index (κ1) is 14.3. The molecule has 6 nitrogen and oxygen atoms in total. The fourth-order valence-electron chi connectivity index (χ4n) is 2.11. The van der Waals surface area contributed by atoms with Crippen LogP contribution in [0.25, 0.3) is 0 Å². The van der Waals surface area contributed by atoms with Crippen LogP contribution in [-0.2, 0) is 0 Å². The number of nitro groups is 1. The van der Waals surface area contributed by atoms with Gasteiger partial charge in [-0.2, -0.15) is 4.39 Å². The highest BCUT2D eigenvalue weighted by Gasteiger charge is 2.30. The summed E-state index contributed by atoms with van der Waals surface area (Å²) in [5.41, 5.74) is -1.86. The van der Waals surface area contributed by atoms with E-state index in [1.807, 2.05) is 0 Å². The molecule has 1 fully saturated rings. The van der Waals surface area contributed by atoms with Gasteiger partial charge >= 0.3 is 5.69 Å². The molecule has 0 atom stereocenters. The molecule has 1 heterocycles. The molecule has 8 heteroatoms. The van der Waals surface area contributed by atoms with E-state index in [0.29, 0.717) is 25.0 Å². The Morgan fingerprint density at radius 3 is 2.50 bits per heavy atom. The molecule has 108 valence electrons. The van der Waals surface area contributed by atoms with Crippen LogP contribution < -0.4 is 0 Å². The minimum atomic E-state index is -1.47. The lowest BCUT2D eigenvalue weighted by Gasteiger charge is -2.29. The van der Waals surface area contributed by atoms with Gasteiger partial charge in [0, 0.05) is 19.2 Å². The number of aliphatic hydroxyl groups is 1. The average Bonchev–Trinajstić information content (AvgIpc) is 2.38. The van der Waals surface area contributed by atoms with Crippen LogP contribution in [0.1, 0.15) is 23.2 Å². The van der Waals surface area contributed by atoms with Crippen molar-refractivity contribution in [2.75, 3.05) is 13.1 Å². The molecular formula is C12H12F2N2O4. The average molecular weight is 286 g/mol. The van der Waals surface area contributed by atoms with Crippen molar-refractivity contribution in [1.29, 1.82) is 0 Å². The van der Waals surface area contributed by atoms with Gasteiger partial charge in [-0.15, -0.1) is 0 Å². The molecule has 1 N–H and O–H groups in total. The Balaban J connectivity index is 2.34. The zero-order valence-electron chi connectivity index (χ0n) is 10.4. The molecule has 2 rings (SSSR count). The third-order valence-corrected chi connectivity index (χ3v) is 3.23. The van der Waals surface area contributed by atoms with E-state index in [4.69, 9.17) is 0 Å². The maximum atomic E-state index is 13.9. The molecule has 0 saturated carbocycles. The van der Waals surface area contributed by atoms with E-state index in [0.717, 1.165) is 0 Å². The fourth-order valence-corrected chi connectivity index (χ4v) is 2.11. The van der Waals surface area contributed by atoms with E-state index in [-0.39, 0.29) is 13.1 Å². The molecule has 1 aliphatic rings. The number of amides is 1. The van der Waals surface area contributed by atoms with Gasteiger partial charge in [-0.05, 0) is 18.9 Å². The molecule has 0 radical (unpaired) electrons. The maximum Gasteiger partial charge on any atom is 0.305 e. The summed E-state index contributed by atoms with van der Waals surface area (Å²) in [5.74, 6) is -3.54. The molecule has 1 aromatic carbocycles. The summed E-state index contributed by atoms with van der Waals surface area (Å²) in [6.07, 6.45) is 0.0761. The van der Waals surface area contributed by atoms with Crippen molar-refractivity contribution in [3.8, 4) is 0 Å². The lowest BCUT2D eigenvalue weighted by atomic mass is 10.1. The van der Waals surface area contributed by atoms with Crippen molar-refractivity contribution in [2.45, 2.75) is 18.9 Å². The summed E-state index contributed by atoms with van der Waals surface area (Å²) in [7, 11) is 0. The molecule has 0 unspecified atom stereocenters. The predicted octanol–water partition coefficient (Wildman–Crippen LogP) is 1.47. The molecular weight excluding hydrogens is 274 g/mol. The second kappa shape index (κ2) is 5.49. The van der Waals surface area contributed by atoms with Crippen molar-refractivity contribution in [2.24, 2.45) is 0 Å². The first-order chi connectivity index (χ1) is 9.41. The van der Waals surface area contributed by atoms with Gasteiger partial charge in [-0.1, -0.05) is 0 Å². The smallest absolute Gasteiger partial charge is 0.305 e. The minimum Gasteiger partial charge on any atom is -0.393 e. The number of rotatable bonds is 2. The molecule has 1 aliphatic heterocycles. The summed E-state index contributed by atoms with van der Waals surface area (Å²) in [4.78, 5) is 22.8. The Kier molecular flexibility index (Phi) is 3.93. The third-order valence-electron chi connectivity index (χ3n) is 3.23. The van der Waals surface area contributed by atoms with Gasteiger partial charge in [0.25, 0.3) is 5.91 Å². The predicted molar refractivity (Wildman–Crippen MR) is 64.2 cm³/mol. The first-order valence-corrected chi connectivity index (χ1v) is 6.01.